The lowest BCUT2D eigenvalue weighted by atomic mass is 9.90. The van der Waals surface area contributed by atoms with Gasteiger partial charge >= 0.3 is 0 Å². The van der Waals surface area contributed by atoms with Crippen molar-refractivity contribution >= 4 is 38.8 Å². The highest BCUT2D eigenvalue weighted by Crippen LogP contribution is 2.40. The molecular formula is C41H29N3. The van der Waals surface area contributed by atoms with Gasteiger partial charge in [-0.25, -0.2) is 9.97 Å². The van der Waals surface area contributed by atoms with Crippen molar-refractivity contribution < 1.29 is 0 Å². The number of para-hydroxylation sites is 3. The van der Waals surface area contributed by atoms with Crippen LogP contribution in [0.5, 0.6) is 0 Å². The standard InChI is InChI=1S/C41H29N3/c1-3-28-13-7-9-17-33(28)39-27(2)38(35-26-25-29-14-8-10-18-34(29)40(35)43-39)30-21-23-31(24-22-30)41-42-36-19-11-12-20-37(36)44(41)32-15-5-4-6-16-32/h3-26H,1H2,2H3. The molecule has 3 nitrogen and oxygen atoms in total. The van der Waals surface area contributed by atoms with Crippen LogP contribution < -0.4 is 0 Å². The molecule has 2 aromatic heterocycles. The Hall–Kier alpha value is -5.80. The fraction of sp³-hybridized carbons (Fsp3) is 0.0244. The van der Waals surface area contributed by atoms with Crippen molar-refractivity contribution in [2.45, 2.75) is 6.92 Å². The van der Waals surface area contributed by atoms with Crippen LogP contribution in [0.2, 0.25) is 0 Å². The topological polar surface area (TPSA) is 30.7 Å². The van der Waals surface area contributed by atoms with E-state index in [1.54, 1.807) is 0 Å². The number of pyridine rings is 1. The van der Waals surface area contributed by atoms with Crippen molar-refractivity contribution in [1.29, 1.82) is 0 Å². The maximum atomic E-state index is 5.34. The van der Waals surface area contributed by atoms with E-state index >= 15 is 0 Å². The minimum atomic E-state index is 0.923. The van der Waals surface area contributed by atoms with Crippen LogP contribution in [0.1, 0.15) is 11.1 Å². The molecule has 8 rings (SSSR count). The molecule has 0 atom stereocenters. The number of fused-ring (bicyclic) bond motifs is 4. The normalized spacial score (nSPS) is 11.4. The van der Waals surface area contributed by atoms with Crippen LogP contribution in [-0.2, 0) is 0 Å². The Labute approximate surface area is 256 Å². The Morgan fingerprint density at radius 1 is 0.614 bits per heavy atom. The first-order chi connectivity index (χ1) is 21.7. The summed E-state index contributed by atoms with van der Waals surface area (Å²) in [5.74, 6) is 0.923. The van der Waals surface area contributed by atoms with E-state index < -0.39 is 0 Å². The van der Waals surface area contributed by atoms with Gasteiger partial charge in [0.15, 0.2) is 0 Å². The first-order valence-corrected chi connectivity index (χ1v) is 14.9. The third kappa shape index (κ3) is 4.13. The molecule has 0 amide bonds. The molecule has 0 aliphatic rings. The highest BCUT2D eigenvalue weighted by molar-refractivity contribution is 6.12. The van der Waals surface area contributed by atoms with Crippen LogP contribution in [0, 0.1) is 6.92 Å². The third-order valence-electron chi connectivity index (χ3n) is 8.57. The monoisotopic (exact) mass is 563 g/mol. The first-order valence-electron chi connectivity index (χ1n) is 14.9. The van der Waals surface area contributed by atoms with Crippen LogP contribution >= 0.6 is 0 Å². The highest BCUT2D eigenvalue weighted by atomic mass is 15.1. The van der Waals surface area contributed by atoms with E-state index in [0.29, 0.717) is 0 Å². The number of rotatable bonds is 5. The Morgan fingerprint density at radius 3 is 2.16 bits per heavy atom. The van der Waals surface area contributed by atoms with Crippen LogP contribution in [-0.4, -0.2) is 14.5 Å². The Kier molecular flexibility index (Phi) is 6.16. The zero-order valence-corrected chi connectivity index (χ0v) is 24.4. The maximum absolute atomic E-state index is 5.34. The van der Waals surface area contributed by atoms with Crippen molar-refractivity contribution in [3.8, 4) is 39.5 Å². The van der Waals surface area contributed by atoms with Crippen molar-refractivity contribution in [2.24, 2.45) is 0 Å². The maximum Gasteiger partial charge on any atom is 0.145 e. The minimum absolute atomic E-state index is 0.923. The predicted molar refractivity (Wildman–Crippen MR) is 185 cm³/mol. The second-order valence-corrected chi connectivity index (χ2v) is 11.1. The van der Waals surface area contributed by atoms with E-state index in [1.165, 1.54) is 10.9 Å². The van der Waals surface area contributed by atoms with Crippen LogP contribution in [0.15, 0.2) is 146 Å². The Balaban J connectivity index is 1.36. The summed E-state index contributed by atoms with van der Waals surface area (Å²) in [7, 11) is 0. The molecule has 2 heterocycles. The van der Waals surface area contributed by atoms with Crippen LogP contribution in [0.4, 0.5) is 0 Å². The van der Waals surface area contributed by atoms with Crippen molar-refractivity contribution in [1.82, 2.24) is 14.5 Å². The predicted octanol–water partition coefficient (Wildman–Crippen LogP) is 10.7. The number of nitrogens with zero attached hydrogens (tertiary/aromatic N) is 3. The van der Waals surface area contributed by atoms with E-state index in [1.807, 2.05) is 18.2 Å². The molecule has 0 aliphatic carbocycles. The summed E-state index contributed by atoms with van der Waals surface area (Å²) >= 11 is 0. The second kappa shape index (κ2) is 10.5. The zero-order valence-electron chi connectivity index (χ0n) is 24.4. The molecule has 0 bridgehead atoms. The minimum Gasteiger partial charge on any atom is -0.292 e. The Bertz CT molecular complexity index is 2350. The van der Waals surface area contributed by atoms with Crippen molar-refractivity contribution in [2.75, 3.05) is 0 Å². The smallest absolute Gasteiger partial charge is 0.145 e. The fourth-order valence-electron chi connectivity index (χ4n) is 6.46. The van der Waals surface area contributed by atoms with Gasteiger partial charge in [-0.2, -0.15) is 0 Å². The van der Waals surface area contributed by atoms with Crippen LogP contribution in [0.3, 0.4) is 0 Å². The lowest BCUT2D eigenvalue weighted by molar-refractivity contribution is 1.10. The molecule has 208 valence electrons. The molecule has 0 unspecified atom stereocenters. The Morgan fingerprint density at radius 2 is 1.32 bits per heavy atom. The summed E-state index contributed by atoms with van der Waals surface area (Å²) in [5.41, 5.74) is 11.9. The fourth-order valence-corrected chi connectivity index (χ4v) is 6.46. The highest BCUT2D eigenvalue weighted by Gasteiger charge is 2.19. The molecule has 0 fully saturated rings. The SMILES string of the molecule is C=Cc1ccccc1-c1nc2c(ccc3ccccc32)c(-c2ccc(-c3nc4ccccc4n3-c3ccccc3)cc2)c1C. The van der Waals surface area contributed by atoms with Crippen LogP contribution in [0.25, 0.3) is 78.2 Å². The molecule has 8 aromatic rings. The van der Waals surface area contributed by atoms with Crippen molar-refractivity contribution in [3.05, 3.63) is 157 Å². The number of hydrogen-bond acceptors (Lipinski definition) is 2. The summed E-state index contributed by atoms with van der Waals surface area (Å²) < 4.78 is 2.24. The zero-order chi connectivity index (χ0) is 29.6. The van der Waals surface area contributed by atoms with E-state index in [-0.39, 0.29) is 0 Å². The molecule has 0 N–H and O–H groups in total. The average Bonchev–Trinajstić information content (AvgIpc) is 3.48. The molecule has 0 radical (unpaired) electrons. The summed E-state index contributed by atoms with van der Waals surface area (Å²) in [5, 5.41) is 3.47. The quantitative estimate of drug-likeness (QED) is 0.195. The van der Waals surface area contributed by atoms with Gasteiger partial charge in [-0.05, 0) is 58.8 Å². The molecule has 0 aliphatic heterocycles. The van der Waals surface area contributed by atoms with Gasteiger partial charge in [-0.15, -0.1) is 0 Å². The number of benzene rings is 6. The summed E-state index contributed by atoms with van der Waals surface area (Å²) in [6.07, 6.45) is 1.91. The van der Waals surface area contributed by atoms with Crippen molar-refractivity contribution in [3.63, 3.8) is 0 Å². The van der Waals surface area contributed by atoms with E-state index in [2.05, 4.69) is 145 Å². The van der Waals surface area contributed by atoms with Gasteiger partial charge in [0.25, 0.3) is 0 Å². The summed E-state index contributed by atoms with van der Waals surface area (Å²) in [4.78, 5) is 10.4. The second-order valence-electron chi connectivity index (χ2n) is 11.1. The molecular weight excluding hydrogens is 534 g/mol. The summed E-state index contributed by atoms with van der Waals surface area (Å²) in [6, 6.07) is 48.9. The third-order valence-corrected chi connectivity index (χ3v) is 8.57. The van der Waals surface area contributed by atoms with E-state index in [9.17, 15) is 0 Å². The lowest BCUT2D eigenvalue weighted by Crippen LogP contribution is -1.98. The summed E-state index contributed by atoms with van der Waals surface area (Å²) in [6.45, 7) is 6.28. The van der Waals surface area contributed by atoms with Gasteiger partial charge in [-0.1, -0.05) is 128 Å². The largest absolute Gasteiger partial charge is 0.292 e. The molecule has 0 saturated carbocycles. The van der Waals surface area contributed by atoms with Gasteiger partial charge in [-0.3, -0.25) is 4.57 Å². The van der Waals surface area contributed by atoms with Gasteiger partial charge in [0, 0.05) is 27.6 Å². The number of aromatic nitrogens is 3. The average molecular weight is 564 g/mol. The number of imidazole rings is 1. The number of hydrogen-bond donors (Lipinski definition) is 0. The molecule has 44 heavy (non-hydrogen) atoms. The van der Waals surface area contributed by atoms with E-state index in [4.69, 9.17) is 9.97 Å². The van der Waals surface area contributed by atoms with Gasteiger partial charge in [0.2, 0.25) is 0 Å². The van der Waals surface area contributed by atoms with Gasteiger partial charge in [0.1, 0.15) is 5.82 Å². The van der Waals surface area contributed by atoms with E-state index in [0.717, 1.165) is 72.3 Å². The molecule has 6 aromatic carbocycles. The molecule has 0 saturated heterocycles. The molecule has 3 heteroatoms. The molecule has 0 spiro atoms. The lowest BCUT2D eigenvalue weighted by Gasteiger charge is -2.18. The van der Waals surface area contributed by atoms with Gasteiger partial charge in [0.05, 0.1) is 22.2 Å². The van der Waals surface area contributed by atoms with Gasteiger partial charge < -0.3 is 0 Å². The first kappa shape index (κ1) is 25.9.